The molecular weight excluding hydrogens is 214 g/mol. The summed E-state index contributed by atoms with van der Waals surface area (Å²) in [7, 11) is 1.99. The van der Waals surface area contributed by atoms with E-state index in [0.29, 0.717) is 13.0 Å². The Morgan fingerprint density at radius 2 is 2.18 bits per heavy atom. The summed E-state index contributed by atoms with van der Waals surface area (Å²) in [4.78, 5) is 11.9. The van der Waals surface area contributed by atoms with Crippen molar-refractivity contribution in [3.8, 4) is 0 Å². The number of amides is 1. The predicted molar refractivity (Wildman–Crippen MR) is 69.5 cm³/mol. The number of nitrogens with two attached hydrogens (primary N) is 1. The molecule has 1 amide bonds. The molecule has 0 bridgehead atoms. The molecule has 1 aromatic heterocycles. The highest BCUT2D eigenvalue weighted by molar-refractivity contribution is 5.85. The summed E-state index contributed by atoms with van der Waals surface area (Å²) in [6, 6.07) is 4.05. The van der Waals surface area contributed by atoms with Crippen LogP contribution in [0.5, 0.6) is 0 Å². The van der Waals surface area contributed by atoms with E-state index in [1.54, 1.807) is 6.92 Å². The molecule has 0 spiro atoms. The lowest BCUT2D eigenvalue weighted by atomic mass is 9.96. The maximum absolute atomic E-state index is 11.9. The minimum Gasteiger partial charge on any atom is -0.350 e. The highest BCUT2D eigenvalue weighted by atomic mass is 16.2. The first-order chi connectivity index (χ1) is 7.88. The first-order valence-corrected chi connectivity index (χ1v) is 6.07. The molecule has 0 aliphatic rings. The van der Waals surface area contributed by atoms with Crippen LogP contribution in [-0.2, 0) is 18.4 Å². The summed E-state index contributed by atoms with van der Waals surface area (Å²) < 4.78 is 2.06. The van der Waals surface area contributed by atoms with Crippen LogP contribution in [0.15, 0.2) is 12.1 Å². The Morgan fingerprint density at radius 3 is 2.65 bits per heavy atom. The van der Waals surface area contributed by atoms with Crippen molar-refractivity contribution in [2.45, 2.75) is 45.7 Å². The van der Waals surface area contributed by atoms with Crippen LogP contribution in [0.4, 0.5) is 0 Å². The molecule has 0 saturated carbocycles. The third-order valence-corrected chi connectivity index (χ3v) is 3.19. The fraction of sp³-hybridized carbons (Fsp3) is 0.615. The lowest BCUT2D eigenvalue weighted by Gasteiger charge is -2.22. The van der Waals surface area contributed by atoms with Gasteiger partial charge in [0.1, 0.15) is 0 Å². The molecule has 0 radical (unpaired) electrons. The molecule has 1 aromatic rings. The molecule has 1 unspecified atom stereocenters. The number of aromatic nitrogens is 1. The van der Waals surface area contributed by atoms with Crippen molar-refractivity contribution in [3.63, 3.8) is 0 Å². The topological polar surface area (TPSA) is 60.1 Å². The van der Waals surface area contributed by atoms with Crippen LogP contribution in [0.1, 0.15) is 38.1 Å². The first kappa shape index (κ1) is 13.8. The minimum atomic E-state index is -0.769. The number of hydrogen-bond acceptors (Lipinski definition) is 2. The molecule has 1 rings (SSSR count). The van der Waals surface area contributed by atoms with Crippen molar-refractivity contribution in [2.75, 3.05) is 0 Å². The number of carbonyl (C=O) groups is 1. The van der Waals surface area contributed by atoms with Crippen molar-refractivity contribution >= 4 is 5.91 Å². The van der Waals surface area contributed by atoms with Gasteiger partial charge >= 0.3 is 0 Å². The second-order valence-electron chi connectivity index (χ2n) is 4.88. The van der Waals surface area contributed by atoms with E-state index >= 15 is 0 Å². The van der Waals surface area contributed by atoms with Crippen molar-refractivity contribution in [1.29, 1.82) is 0 Å². The fourth-order valence-corrected chi connectivity index (χ4v) is 1.85. The van der Waals surface area contributed by atoms with Gasteiger partial charge < -0.3 is 15.6 Å². The van der Waals surface area contributed by atoms with Gasteiger partial charge in [-0.3, -0.25) is 4.79 Å². The van der Waals surface area contributed by atoms with E-state index in [-0.39, 0.29) is 5.91 Å². The van der Waals surface area contributed by atoms with E-state index in [1.165, 1.54) is 5.69 Å². The summed E-state index contributed by atoms with van der Waals surface area (Å²) in [5, 5.41) is 2.89. The summed E-state index contributed by atoms with van der Waals surface area (Å²) >= 11 is 0. The zero-order valence-electron chi connectivity index (χ0n) is 11.2. The molecule has 1 atom stereocenters. The van der Waals surface area contributed by atoms with Crippen molar-refractivity contribution in [3.05, 3.63) is 23.5 Å². The van der Waals surface area contributed by atoms with E-state index in [0.717, 1.165) is 12.1 Å². The van der Waals surface area contributed by atoms with E-state index in [2.05, 4.69) is 9.88 Å². The van der Waals surface area contributed by atoms with Gasteiger partial charge in [0, 0.05) is 18.4 Å². The quantitative estimate of drug-likeness (QED) is 0.814. The molecule has 4 heteroatoms. The fourth-order valence-electron chi connectivity index (χ4n) is 1.85. The zero-order chi connectivity index (χ0) is 13.1. The van der Waals surface area contributed by atoms with Gasteiger partial charge in [-0.25, -0.2) is 0 Å². The molecule has 3 N–H and O–H groups in total. The third-order valence-electron chi connectivity index (χ3n) is 3.19. The SMILES string of the molecule is CCCC(C)(N)C(=O)NCc1ccc(C)n1C. The lowest BCUT2D eigenvalue weighted by Crippen LogP contribution is -2.51. The van der Waals surface area contributed by atoms with Crippen LogP contribution in [0.25, 0.3) is 0 Å². The van der Waals surface area contributed by atoms with Crippen LogP contribution < -0.4 is 11.1 Å². The molecule has 96 valence electrons. The van der Waals surface area contributed by atoms with Gasteiger partial charge in [-0.15, -0.1) is 0 Å². The van der Waals surface area contributed by atoms with Gasteiger partial charge in [-0.2, -0.15) is 0 Å². The lowest BCUT2D eigenvalue weighted by molar-refractivity contribution is -0.126. The second-order valence-corrected chi connectivity index (χ2v) is 4.88. The van der Waals surface area contributed by atoms with Crippen LogP contribution >= 0.6 is 0 Å². The van der Waals surface area contributed by atoms with Gasteiger partial charge in [-0.1, -0.05) is 13.3 Å². The zero-order valence-corrected chi connectivity index (χ0v) is 11.2. The van der Waals surface area contributed by atoms with Gasteiger partial charge in [0.2, 0.25) is 5.91 Å². The summed E-state index contributed by atoms with van der Waals surface area (Å²) in [6.45, 7) is 6.37. The molecule has 1 heterocycles. The third kappa shape index (κ3) is 3.33. The summed E-state index contributed by atoms with van der Waals surface area (Å²) in [5.74, 6) is -0.0850. The number of nitrogens with one attached hydrogen (secondary N) is 1. The number of nitrogens with zero attached hydrogens (tertiary/aromatic N) is 1. The van der Waals surface area contributed by atoms with Gasteiger partial charge in [-0.05, 0) is 32.4 Å². The maximum atomic E-state index is 11.9. The summed E-state index contributed by atoms with van der Waals surface area (Å²) in [6.07, 6.45) is 1.61. The highest BCUT2D eigenvalue weighted by Gasteiger charge is 2.26. The molecule has 4 nitrogen and oxygen atoms in total. The van der Waals surface area contributed by atoms with E-state index < -0.39 is 5.54 Å². The van der Waals surface area contributed by atoms with E-state index in [1.807, 2.05) is 33.0 Å². The van der Waals surface area contributed by atoms with Crippen LogP contribution in [0.2, 0.25) is 0 Å². The molecule has 0 saturated heterocycles. The number of aryl methyl sites for hydroxylation is 1. The van der Waals surface area contributed by atoms with Crippen molar-refractivity contribution in [2.24, 2.45) is 12.8 Å². The van der Waals surface area contributed by atoms with Gasteiger partial charge in [0.25, 0.3) is 0 Å². The number of rotatable bonds is 5. The van der Waals surface area contributed by atoms with E-state index in [9.17, 15) is 4.79 Å². The molecule has 17 heavy (non-hydrogen) atoms. The van der Waals surface area contributed by atoms with Crippen LogP contribution in [-0.4, -0.2) is 16.0 Å². The first-order valence-electron chi connectivity index (χ1n) is 6.07. The Kier molecular flexibility index (Phi) is 4.34. The average Bonchev–Trinajstić information content (AvgIpc) is 2.56. The van der Waals surface area contributed by atoms with Gasteiger partial charge in [0.05, 0.1) is 12.1 Å². The van der Waals surface area contributed by atoms with E-state index in [4.69, 9.17) is 5.73 Å². The van der Waals surface area contributed by atoms with Crippen molar-refractivity contribution in [1.82, 2.24) is 9.88 Å². The average molecular weight is 237 g/mol. The van der Waals surface area contributed by atoms with Gasteiger partial charge in [0.15, 0.2) is 0 Å². The molecule has 0 aromatic carbocycles. The Balaban J connectivity index is 2.57. The standard InChI is InChI=1S/C13H23N3O/c1-5-8-13(3,14)12(17)15-9-11-7-6-10(2)16(11)4/h6-7H,5,8-9,14H2,1-4H3,(H,15,17). The predicted octanol–water partition coefficient (Wildman–Crippen LogP) is 1.47. The number of hydrogen-bond donors (Lipinski definition) is 2. The highest BCUT2D eigenvalue weighted by Crippen LogP contribution is 2.10. The summed E-state index contributed by atoms with van der Waals surface area (Å²) in [5.41, 5.74) is 7.46. The molecular formula is C13H23N3O. The Hall–Kier alpha value is -1.29. The minimum absolute atomic E-state index is 0.0850. The normalized spacial score (nSPS) is 14.4. The smallest absolute Gasteiger partial charge is 0.240 e. The van der Waals surface area contributed by atoms with Crippen molar-refractivity contribution < 1.29 is 4.79 Å². The van der Waals surface area contributed by atoms with Crippen LogP contribution in [0.3, 0.4) is 0 Å². The molecule has 0 aliphatic heterocycles. The Labute approximate surface area is 103 Å². The Bertz CT molecular complexity index is 393. The number of carbonyl (C=O) groups excluding carboxylic acids is 1. The Morgan fingerprint density at radius 1 is 1.53 bits per heavy atom. The maximum Gasteiger partial charge on any atom is 0.240 e. The molecule has 0 aliphatic carbocycles. The monoisotopic (exact) mass is 237 g/mol. The molecule has 0 fully saturated rings. The largest absolute Gasteiger partial charge is 0.350 e. The van der Waals surface area contributed by atoms with Crippen LogP contribution in [0, 0.1) is 6.92 Å². The second kappa shape index (κ2) is 5.36.